The van der Waals surface area contributed by atoms with Crippen molar-refractivity contribution in [1.82, 2.24) is 0 Å². The third-order valence-electron chi connectivity index (χ3n) is 4.70. The van der Waals surface area contributed by atoms with Crippen LogP contribution in [0.25, 0.3) is 0 Å². The van der Waals surface area contributed by atoms with E-state index in [1.165, 1.54) is 5.56 Å². The molecule has 0 saturated heterocycles. The molecule has 0 saturated carbocycles. The number of aryl methyl sites for hydroxylation is 2. The van der Waals surface area contributed by atoms with Crippen LogP contribution in [0.5, 0.6) is 11.5 Å². The second-order valence-corrected chi connectivity index (χ2v) is 6.00. The molecule has 2 aromatic rings. The van der Waals surface area contributed by atoms with Crippen LogP contribution >= 0.6 is 0 Å². The summed E-state index contributed by atoms with van der Waals surface area (Å²) in [4.78, 5) is 2.23. The molecule has 1 unspecified atom stereocenters. The first-order valence-corrected chi connectivity index (χ1v) is 7.83. The highest BCUT2D eigenvalue weighted by molar-refractivity contribution is 5.55. The zero-order valence-electron chi connectivity index (χ0n) is 14.8. The summed E-state index contributed by atoms with van der Waals surface area (Å²) in [6.07, 6.45) is 4.03. The van der Waals surface area contributed by atoms with E-state index >= 15 is 0 Å². The van der Waals surface area contributed by atoms with Crippen molar-refractivity contribution in [2.75, 3.05) is 18.7 Å². The summed E-state index contributed by atoms with van der Waals surface area (Å²) in [6, 6.07) is 11.0. The maximum absolute atomic E-state index is 8.20. The van der Waals surface area contributed by atoms with Crippen LogP contribution in [0.15, 0.2) is 42.4 Å². The molecule has 22 heavy (non-hydrogen) atoms. The average Bonchev–Trinajstić information content (AvgIpc) is 3.01. The second kappa shape index (κ2) is 5.56. The largest absolute Gasteiger partial charge is 0.454 e. The van der Waals surface area contributed by atoms with Crippen LogP contribution in [0, 0.1) is 0 Å². The Labute approximate surface area is 134 Å². The smallest absolute Gasteiger partial charge is 0.231 e. The second-order valence-electron chi connectivity index (χ2n) is 6.00. The number of hydrogen-bond donors (Lipinski definition) is 0. The Balaban J connectivity index is 1.48. The van der Waals surface area contributed by atoms with Crippen LogP contribution in [0.4, 0.5) is 5.69 Å². The summed E-state index contributed by atoms with van der Waals surface area (Å²) in [5.74, 6) is 1.67. The first-order valence-electron chi connectivity index (χ1n) is 8.83. The maximum Gasteiger partial charge on any atom is 0.231 e. The number of ether oxygens (including phenoxy) is 2. The van der Waals surface area contributed by atoms with Gasteiger partial charge in [0.25, 0.3) is 0 Å². The van der Waals surface area contributed by atoms with Gasteiger partial charge in [0.1, 0.15) is 0 Å². The molecule has 0 amide bonds. The molecule has 2 heterocycles. The molecule has 0 fully saturated rings. The van der Waals surface area contributed by atoms with Gasteiger partial charge in [-0.1, -0.05) is 24.2 Å². The van der Waals surface area contributed by atoms with Gasteiger partial charge >= 0.3 is 0 Å². The van der Waals surface area contributed by atoms with Gasteiger partial charge in [-0.2, -0.15) is 0 Å². The average molecular weight is 297 g/mol. The van der Waals surface area contributed by atoms with E-state index in [0.717, 1.165) is 48.4 Å². The van der Waals surface area contributed by atoms with E-state index in [1.54, 1.807) is 6.07 Å². The zero-order chi connectivity index (χ0) is 16.7. The van der Waals surface area contributed by atoms with Crippen LogP contribution in [0.3, 0.4) is 0 Å². The van der Waals surface area contributed by atoms with Gasteiger partial charge in [0, 0.05) is 18.8 Å². The minimum absolute atomic E-state index is 0.311. The molecule has 0 spiro atoms. The van der Waals surface area contributed by atoms with Crippen molar-refractivity contribution < 1.29 is 12.2 Å². The van der Waals surface area contributed by atoms with E-state index in [9.17, 15) is 0 Å². The topological polar surface area (TPSA) is 21.7 Å². The standard InChI is InChI=1S/C19H21NO2/c1-20-16(10-8-15-4-2-3-5-17(15)20)9-6-14-7-11-18-19(12-14)22-13-21-18/h2-5,7,11-12,16H,6,8-10,13H2,1H3/i2D,5D. The molecule has 0 aliphatic carbocycles. The molecule has 3 nitrogen and oxygen atoms in total. The Morgan fingerprint density at radius 3 is 3.14 bits per heavy atom. The molecule has 4 rings (SSSR count). The van der Waals surface area contributed by atoms with E-state index in [4.69, 9.17) is 12.2 Å². The van der Waals surface area contributed by atoms with E-state index < -0.39 is 0 Å². The quantitative estimate of drug-likeness (QED) is 0.860. The van der Waals surface area contributed by atoms with Gasteiger partial charge < -0.3 is 14.4 Å². The molecule has 114 valence electrons. The minimum Gasteiger partial charge on any atom is -0.454 e. The highest BCUT2D eigenvalue weighted by Gasteiger charge is 2.23. The highest BCUT2D eigenvalue weighted by Crippen LogP contribution is 2.34. The van der Waals surface area contributed by atoms with Crippen LogP contribution in [0.2, 0.25) is 0 Å². The fourth-order valence-electron chi connectivity index (χ4n) is 3.40. The number of nitrogens with zero attached hydrogens (tertiary/aromatic N) is 1. The summed E-state index contributed by atoms with van der Waals surface area (Å²) in [5.41, 5.74) is 3.38. The molecule has 0 radical (unpaired) electrons. The van der Waals surface area contributed by atoms with Crippen molar-refractivity contribution >= 4 is 5.69 Å². The number of hydrogen-bond acceptors (Lipinski definition) is 3. The maximum atomic E-state index is 8.20. The Kier molecular flexibility index (Phi) is 2.88. The molecule has 3 heteroatoms. The van der Waals surface area contributed by atoms with Crippen molar-refractivity contribution in [2.45, 2.75) is 31.7 Å². The lowest BCUT2D eigenvalue weighted by atomic mass is 9.92. The Hall–Kier alpha value is -2.16. The van der Waals surface area contributed by atoms with Gasteiger partial charge in [0.05, 0.1) is 2.74 Å². The molecule has 0 N–H and O–H groups in total. The molecule has 0 bridgehead atoms. The lowest BCUT2D eigenvalue weighted by Gasteiger charge is -2.36. The summed E-state index contributed by atoms with van der Waals surface area (Å²) >= 11 is 0. The fourth-order valence-corrected chi connectivity index (χ4v) is 3.40. The summed E-state index contributed by atoms with van der Waals surface area (Å²) < 4.78 is 26.8. The highest BCUT2D eigenvalue weighted by atomic mass is 16.7. The van der Waals surface area contributed by atoms with E-state index in [2.05, 4.69) is 24.1 Å². The van der Waals surface area contributed by atoms with Gasteiger partial charge in [-0.25, -0.2) is 0 Å². The predicted octanol–water partition coefficient (Wildman–Crippen LogP) is 3.80. The molecular weight excluding hydrogens is 274 g/mol. The van der Waals surface area contributed by atoms with Crippen molar-refractivity contribution in [1.29, 1.82) is 0 Å². The van der Waals surface area contributed by atoms with E-state index in [-0.39, 0.29) is 0 Å². The molecule has 2 aliphatic heterocycles. The van der Waals surface area contributed by atoms with Gasteiger partial charge in [-0.15, -0.1) is 0 Å². The van der Waals surface area contributed by atoms with Crippen molar-refractivity contribution in [2.24, 2.45) is 0 Å². The predicted molar refractivity (Wildman–Crippen MR) is 87.8 cm³/mol. The van der Waals surface area contributed by atoms with Crippen LogP contribution < -0.4 is 14.4 Å². The normalized spacial score (nSPS) is 20.4. The number of fused-ring (bicyclic) bond motifs is 2. The molecule has 2 aliphatic rings. The van der Waals surface area contributed by atoms with E-state index in [0.29, 0.717) is 24.9 Å². The fraction of sp³-hybridized carbons (Fsp3) is 0.368. The summed E-state index contributed by atoms with van der Waals surface area (Å²) in [7, 11) is 2.07. The first-order chi connectivity index (χ1) is 11.6. The van der Waals surface area contributed by atoms with Crippen LogP contribution in [0.1, 0.15) is 26.7 Å². The van der Waals surface area contributed by atoms with Crippen molar-refractivity contribution in [3.63, 3.8) is 0 Å². The Morgan fingerprint density at radius 1 is 1.27 bits per heavy atom. The minimum atomic E-state index is 0.311. The third kappa shape index (κ3) is 2.41. The van der Waals surface area contributed by atoms with Crippen molar-refractivity contribution in [3.8, 4) is 11.5 Å². The molecule has 0 aromatic heterocycles. The Morgan fingerprint density at radius 2 is 2.18 bits per heavy atom. The molecule has 2 aromatic carbocycles. The van der Waals surface area contributed by atoms with Gasteiger partial charge in [-0.05, 0) is 55.0 Å². The lowest BCUT2D eigenvalue weighted by molar-refractivity contribution is 0.174. The van der Waals surface area contributed by atoms with Crippen molar-refractivity contribution in [3.05, 3.63) is 53.5 Å². The van der Waals surface area contributed by atoms with E-state index in [1.807, 2.05) is 12.1 Å². The Bertz CT molecular complexity index is 778. The van der Waals surface area contributed by atoms with Crippen LogP contribution in [-0.2, 0) is 12.8 Å². The van der Waals surface area contributed by atoms with Gasteiger partial charge in [-0.3, -0.25) is 0 Å². The third-order valence-corrected chi connectivity index (χ3v) is 4.70. The number of para-hydroxylation sites is 1. The number of anilines is 1. The monoisotopic (exact) mass is 297 g/mol. The molecule has 1 atom stereocenters. The van der Waals surface area contributed by atoms with Crippen LogP contribution in [-0.4, -0.2) is 19.9 Å². The lowest BCUT2D eigenvalue weighted by Crippen LogP contribution is -2.36. The zero-order valence-corrected chi connectivity index (χ0v) is 12.8. The summed E-state index contributed by atoms with van der Waals surface area (Å²) in [6.45, 7) is 0.311. The number of benzene rings is 2. The van der Waals surface area contributed by atoms with Gasteiger partial charge in [0.15, 0.2) is 11.5 Å². The summed E-state index contributed by atoms with van der Waals surface area (Å²) in [5, 5.41) is 0. The number of rotatable bonds is 3. The SMILES string of the molecule is [2H]c1cc([2H])c2c(c1)CCC(CCc1ccc3c(c1)OCO3)N2C. The van der Waals surface area contributed by atoms with Gasteiger partial charge in [0.2, 0.25) is 6.79 Å². The first kappa shape index (κ1) is 11.4. The molecular formula is C19H21NO2.